The lowest BCUT2D eigenvalue weighted by atomic mass is 10.2. The zero-order valence-electron chi connectivity index (χ0n) is 17.7. The van der Waals surface area contributed by atoms with Crippen LogP contribution in [0.4, 0.5) is 0 Å². The van der Waals surface area contributed by atoms with Gasteiger partial charge in [-0.05, 0) is 59.2 Å². The van der Waals surface area contributed by atoms with Gasteiger partial charge in [-0.2, -0.15) is 0 Å². The van der Waals surface area contributed by atoms with Crippen molar-refractivity contribution >= 4 is 27.7 Å². The van der Waals surface area contributed by atoms with E-state index in [0.717, 1.165) is 16.5 Å². The van der Waals surface area contributed by atoms with Gasteiger partial charge < -0.3 is 14.2 Å². The molecule has 168 valence electrons. The fourth-order valence-corrected chi connectivity index (χ4v) is 3.76. The van der Waals surface area contributed by atoms with Crippen LogP contribution in [0.3, 0.4) is 0 Å². The van der Waals surface area contributed by atoms with Crippen molar-refractivity contribution in [3.63, 3.8) is 0 Å². The fourth-order valence-electron chi connectivity index (χ4n) is 2.83. The second-order valence-corrected chi connectivity index (χ2v) is 8.93. The minimum absolute atomic E-state index is 0.157. The second kappa shape index (κ2) is 11.0. The normalized spacial score (nSPS) is 11.5. The number of rotatable bonds is 10. The number of methoxy groups -OCH3 is 2. The third kappa shape index (κ3) is 7.02. The summed E-state index contributed by atoms with van der Waals surface area (Å²) in [5.41, 5.74) is 2.42. The van der Waals surface area contributed by atoms with Crippen molar-refractivity contribution in [2.75, 3.05) is 14.2 Å². The number of ether oxygens (including phenoxy) is 3. The highest BCUT2D eigenvalue weighted by Crippen LogP contribution is 2.29. The van der Waals surface area contributed by atoms with Gasteiger partial charge in [0, 0.05) is 17.0 Å². The lowest BCUT2D eigenvalue weighted by molar-refractivity contribution is 0.284. The molecule has 0 unspecified atom stereocenters. The number of benzene rings is 3. The van der Waals surface area contributed by atoms with E-state index in [1.165, 1.54) is 13.2 Å². The predicted molar refractivity (Wildman–Crippen MR) is 127 cm³/mol. The van der Waals surface area contributed by atoms with Crippen molar-refractivity contribution in [1.29, 1.82) is 0 Å². The van der Waals surface area contributed by atoms with Crippen LogP contribution < -0.4 is 18.9 Å². The molecule has 6 nitrogen and oxygen atoms in total. The van der Waals surface area contributed by atoms with Crippen LogP contribution in [0.1, 0.15) is 16.7 Å². The molecule has 0 aromatic heterocycles. The highest BCUT2D eigenvalue weighted by atomic mass is 35.5. The molecular formula is C24H24ClNO5S. The quantitative estimate of drug-likeness (QED) is 0.447. The van der Waals surface area contributed by atoms with Crippen LogP contribution in [-0.4, -0.2) is 22.6 Å². The molecule has 0 fully saturated rings. The van der Waals surface area contributed by atoms with E-state index in [4.69, 9.17) is 25.8 Å². The molecule has 0 radical (unpaired) electrons. The SMILES string of the molecule is COc1cccc(CNS(=O)(=O)C=Cc2ccc(OCc3ccc(Cl)cc3)c(OC)c2)c1. The van der Waals surface area contributed by atoms with Crippen molar-refractivity contribution in [3.8, 4) is 17.2 Å². The predicted octanol–water partition coefficient (Wildman–Crippen LogP) is 5.03. The Morgan fingerprint density at radius 1 is 0.906 bits per heavy atom. The van der Waals surface area contributed by atoms with Crippen molar-refractivity contribution in [2.45, 2.75) is 13.2 Å². The van der Waals surface area contributed by atoms with Crippen LogP contribution in [-0.2, 0) is 23.2 Å². The van der Waals surface area contributed by atoms with Gasteiger partial charge in [-0.3, -0.25) is 0 Å². The lowest BCUT2D eigenvalue weighted by Crippen LogP contribution is -2.20. The van der Waals surface area contributed by atoms with Gasteiger partial charge in [-0.25, -0.2) is 13.1 Å². The smallest absolute Gasteiger partial charge is 0.234 e. The lowest BCUT2D eigenvalue weighted by Gasteiger charge is -2.11. The minimum Gasteiger partial charge on any atom is -0.497 e. The summed E-state index contributed by atoms with van der Waals surface area (Å²) < 4.78 is 43.6. The van der Waals surface area contributed by atoms with E-state index in [9.17, 15) is 8.42 Å². The number of nitrogens with one attached hydrogen (secondary N) is 1. The Bertz CT molecular complexity index is 1180. The van der Waals surface area contributed by atoms with Crippen LogP contribution in [0.5, 0.6) is 17.2 Å². The van der Waals surface area contributed by atoms with Gasteiger partial charge in [0.2, 0.25) is 10.0 Å². The summed E-state index contributed by atoms with van der Waals surface area (Å²) in [4.78, 5) is 0. The van der Waals surface area contributed by atoms with Crippen LogP contribution in [0, 0.1) is 0 Å². The maximum atomic E-state index is 12.3. The highest BCUT2D eigenvalue weighted by molar-refractivity contribution is 7.92. The van der Waals surface area contributed by atoms with Crippen LogP contribution in [0.2, 0.25) is 5.02 Å². The molecule has 0 amide bonds. The van der Waals surface area contributed by atoms with E-state index in [0.29, 0.717) is 34.4 Å². The van der Waals surface area contributed by atoms with Gasteiger partial charge in [-0.1, -0.05) is 41.9 Å². The summed E-state index contributed by atoms with van der Waals surface area (Å²) in [6, 6.07) is 19.8. The zero-order valence-corrected chi connectivity index (χ0v) is 19.3. The molecule has 0 saturated heterocycles. The Morgan fingerprint density at radius 3 is 2.41 bits per heavy atom. The Hall–Kier alpha value is -3.00. The van der Waals surface area contributed by atoms with Crippen LogP contribution in [0.25, 0.3) is 6.08 Å². The molecule has 0 atom stereocenters. The van der Waals surface area contributed by atoms with Crippen LogP contribution >= 0.6 is 11.6 Å². The molecule has 3 aromatic carbocycles. The first-order valence-electron chi connectivity index (χ1n) is 9.74. The third-order valence-electron chi connectivity index (χ3n) is 4.55. The summed E-state index contributed by atoms with van der Waals surface area (Å²) in [6.45, 7) is 0.510. The summed E-state index contributed by atoms with van der Waals surface area (Å²) in [5, 5.41) is 1.78. The zero-order chi connectivity index (χ0) is 23.0. The summed E-state index contributed by atoms with van der Waals surface area (Å²) in [6.07, 6.45) is 1.50. The van der Waals surface area contributed by atoms with E-state index in [1.54, 1.807) is 55.6 Å². The monoisotopic (exact) mass is 473 g/mol. The van der Waals surface area contributed by atoms with Gasteiger partial charge in [0.1, 0.15) is 12.4 Å². The Kier molecular flexibility index (Phi) is 8.16. The van der Waals surface area contributed by atoms with Crippen molar-refractivity contribution in [1.82, 2.24) is 4.72 Å². The van der Waals surface area contributed by atoms with Crippen molar-refractivity contribution < 1.29 is 22.6 Å². The molecule has 0 aliphatic rings. The summed E-state index contributed by atoms with van der Waals surface area (Å²) in [5.74, 6) is 1.73. The van der Waals surface area contributed by atoms with Crippen molar-refractivity contribution in [2.24, 2.45) is 0 Å². The van der Waals surface area contributed by atoms with E-state index in [2.05, 4.69) is 4.72 Å². The molecule has 0 saturated carbocycles. The standard InChI is InChI=1S/C24H24ClNO5S/c1-29-22-5-3-4-20(14-22)16-26-32(27,28)13-12-18-8-11-23(24(15-18)30-2)31-17-19-6-9-21(25)10-7-19/h3-15,26H,16-17H2,1-2H3. The molecule has 1 N–H and O–H groups in total. The van der Waals surface area contributed by atoms with Crippen LogP contribution in [0.15, 0.2) is 72.1 Å². The Labute approximate surface area is 193 Å². The second-order valence-electron chi connectivity index (χ2n) is 6.85. The molecule has 0 aliphatic heterocycles. The average molecular weight is 474 g/mol. The largest absolute Gasteiger partial charge is 0.497 e. The van der Waals surface area contributed by atoms with E-state index in [-0.39, 0.29) is 6.54 Å². The molecule has 0 bridgehead atoms. The molecule has 8 heteroatoms. The molecule has 0 spiro atoms. The van der Waals surface area contributed by atoms with E-state index < -0.39 is 10.0 Å². The molecule has 3 aromatic rings. The maximum Gasteiger partial charge on any atom is 0.234 e. The number of hydrogen-bond acceptors (Lipinski definition) is 5. The molecule has 0 heterocycles. The third-order valence-corrected chi connectivity index (χ3v) is 5.84. The average Bonchev–Trinajstić information content (AvgIpc) is 2.81. The van der Waals surface area contributed by atoms with E-state index in [1.807, 2.05) is 18.2 Å². The topological polar surface area (TPSA) is 73.9 Å². The Balaban J connectivity index is 1.63. The minimum atomic E-state index is -3.63. The molecule has 0 aliphatic carbocycles. The number of hydrogen-bond donors (Lipinski definition) is 1. The molecular weight excluding hydrogens is 450 g/mol. The molecule has 3 rings (SSSR count). The highest BCUT2D eigenvalue weighted by Gasteiger charge is 2.08. The van der Waals surface area contributed by atoms with Gasteiger partial charge in [0.15, 0.2) is 11.5 Å². The first-order valence-corrected chi connectivity index (χ1v) is 11.7. The van der Waals surface area contributed by atoms with Gasteiger partial charge in [0.05, 0.1) is 14.2 Å². The van der Waals surface area contributed by atoms with Gasteiger partial charge >= 0.3 is 0 Å². The van der Waals surface area contributed by atoms with Gasteiger partial charge in [-0.15, -0.1) is 0 Å². The summed E-state index contributed by atoms with van der Waals surface area (Å²) in [7, 11) is -0.535. The summed E-state index contributed by atoms with van der Waals surface area (Å²) >= 11 is 5.90. The first kappa shape index (κ1) is 23.7. The fraction of sp³-hybridized carbons (Fsp3) is 0.167. The maximum absolute atomic E-state index is 12.3. The van der Waals surface area contributed by atoms with Gasteiger partial charge in [0.25, 0.3) is 0 Å². The van der Waals surface area contributed by atoms with Crippen molar-refractivity contribution in [3.05, 3.63) is 93.9 Å². The Morgan fingerprint density at radius 2 is 1.69 bits per heavy atom. The number of sulfonamides is 1. The molecule has 32 heavy (non-hydrogen) atoms. The first-order chi connectivity index (χ1) is 15.4. The van der Waals surface area contributed by atoms with E-state index >= 15 is 0 Å². The number of halogens is 1.